The van der Waals surface area contributed by atoms with Gasteiger partial charge in [-0.3, -0.25) is 4.79 Å². The molecule has 1 atom stereocenters. The molecule has 1 aliphatic rings. The average Bonchev–Trinajstić information content (AvgIpc) is 3.01. The van der Waals surface area contributed by atoms with Crippen molar-refractivity contribution in [2.24, 2.45) is 5.92 Å². The van der Waals surface area contributed by atoms with Gasteiger partial charge in [-0.2, -0.15) is 0 Å². The molecule has 21 heavy (non-hydrogen) atoms. The van der Waals surface area contributed by atoms with Gasteiger partial charge in [0.15, 0.2) is 0 Å². The van der Waals surface area contributed by atoms with Crippen molar-refractivity contribution in [1.29, 1.82) is 0 Å². The summed E-state index contributed by atoms with van der Waals surface area (Å²) in [5, 5.41) is 5.03. The SMILES string of the molecule is CO[C@H](CNC(=O)CCC1CCN(C)CC1)c1cccs1. The van der Waals surface area contributed by atoms with Gasteiger partial charge in [0.1, 0.15) is 6.10 Å². The first-order valence-corrected chi connectivity index (χ1v) is 8.58. The van der Waals surface area contributed by atoms with Gasteiger partial charge in [-0.1, -0.05) is 6.07 Å². The minimum absolute atomic E-state index is 0.0303. The molecule has 4 nitrogen and oxygen atoms in total. The number of nitrogens with zero attached hydrogens (tertiary/aromatic N) is 1. The number of rotatable bonds is 7. The lowest BCUT2D eigenvalue weighted by molar-refractivity contribution is -0.122. The fraction of sp³-hybridized carbons (Fsp3) is 0.688. The molecule has 1 aromatic rings. The van der Waals surface area contributed by atoms with E-state index in [1.165, 1.54) is 12.8 Å². The van der Waals surface area contributed by atoms with Crippen LogP contribution in [0.3, 0.4) is 0 Å². The zero-order valence-corrected chi connectivity index (χ0v) is 13.8. The molecule has 0 aromatic carbocycles. The molecule has 1 saturated heterocycles. The molecule has 1 aromatic heterocycles. The van der Waals surface area contributed by atoms with Crippen LogP contribution in [0.5, 0.6) is 0 Å². The summed E-state index contributed by atoms with van der Waals surface area (Å²) in [6.45, 7) is 2.88. The Morgan fingerprint density at radius 1 is 1.52 bits per heavy atom. The minimum atomic E-state index is -0.0303. The first kappa shape index (κ1) is 16.5. The predicted octanol–water partition coefficient (Wildman–Crippen LogP) is 2.67. The summed E-state index contributed by atoms with van der Waals surface area (Å²) in [5.74, 6) is 0.856. The summed E-state index contributed by atoms with van der Waals surface area (Å²) >= 11 is 1.66. The number of hydrogen-bond donors (Lipinski definition) is 1. The molecule has 5 heteroatoms. The second-order valence-corrected chi connectivity index (χ2v) is 6.81. The Labute approximate surface area is 131 Å². The van der Waals surface area contributed by atoms with Crippen molar-refractivity contribution in [2.45, 2.75) is 31.8 Å². The minimum Gasteiger partial charge on any atom is -0.374 e. The highest BCUT2D eigenvalue weighted by Gasteiger charge is 2.18. The Hall–Kier alpha value is -0.910. The van der Waals surface area contributed by atoms with Crippen LogP contribution in [0.2, 0.25) is 0 Å². The molecular weight excluding hydrogens is 284 g/mol. The van der Waals surface area contributed by atoms with Crippen molar-refractivity contribution in [3.63, 3.8) is 0 Å². The van der Waals surface area contributed by atoms with Crippen LogP contribution in [0.15, 0.2) is 17.5 Å². The van der Waals surface area contributed by atoms with Gasteiger partial charge < -0.3 is 15.0 Å². The van der Waals surface area contributed by atoms with Crippen molar-refractivity contribution in [3.05, 3.63) is 22.4 Å². The summed E-state index contributed by atoms with van der Waals surface area (Å²) in [7, 11) is 3.85. The highest BCUT2D eigenvalue weighted by atomic mass is 32.1. The zero-order valence-electron chi connectivity index (χ0n) is 13.0. The molecule has 0 radical (unpaired) electrons. The van der Waals surface area contributed by atoms with E-state index in [0.29, 0.717) is 18.9 Å². The fourth-order valence-corrected chi connectivity index (χ4v) is 3.56. The first-order chi connectivity index (χ1) is 10.2. The third kappa shape index (κ3) is 5.41. The molecule has 1 amide bonds. The number of hydrogen-bond acceptors (Lipinski definition) is 4. The van der Waals surface area contributed by atoms with Gasteiger partial charge in [0.25, 0.3) is 0 Å². The van der Waals surface area contributed by atoms with Gasteiger partial charge in [0.05, 0.1) is 0 Å². The van der Waals surface area contributed by atoms with Gasteiger partial charge >= 0.3 is 0 Å². The zero-order chi connectivity index (χ0) is 15.1. The molecule has 1 aliphatic heterocycles. The van der Waals surface area contributed by atoms with Crippen LogP contribution in [-0.4, -0.2) is 44.6 Å². The molecule has 0 unspecified atom stereocenters. The largest absolute Gasteiger partial charge is 0.374 e. The van der Waals surface area contributed by atoms with Gasteiger partial charge in [0.2, 0.25) is 5.91 Å². The molecule has 0 aliphatic carbocycles. The normalized spacial score (nSPS) is 18.6. The number of carbonyl (C=O) groups excluding carboxylic acids is 1. The number of likely N-dealkylation sites (tertiary alicyclic amines) is 1. The number of thiophene rings is 1. The van der Waals surface area contributed by atoms with E-state index in [-0.39, 0.29) is 12.0 Å². The van der Waals surface area contributed by atoms with Crippen molar-refractivity contribution >= 4 is 17.2 Å². The molecule has 1 N–H and O–H groups in total. The Balaban J connectivity index is 1.65. The van der Waals surface area contributed by atoms with Crippen LogP contribution in [0.1, 0.15) is 36.7 Å². The van der Waals surface area contributed by atoms with E-state index in [2.05, 4.69) is 17.3 Å². The average molecular weight is 310 g/mol. The fourth-order valence-electron chi connectivity index (χ4n) is 2.76. The quantitative estimate of drug-likeness (QED) is 0.842. The standard InChI is InChI=1S/C16H26N2O2S/c1-18-9-7-13(8-10-18)5-6-16(19)17-12-14(20-2)15-4-3-11-21-15/h3-4,11,13-14H,5-10,12H2,1-2H3,(H,17,19)/t14-/m1/s1. The van der Waals surface area contributed by atoms with Gasteiger partial charge in [-0.05, 0) is 56.8 Å². The third-order valence-corrected chi connectivity index (χ3v) is 5.21. The lowest BCUT2D eigenvalue weighted by Gasteiger charge is -2.28. The molecule has 0 saturated carbocycles. The molecular formula is C16H26N2O2S. The number of methoxy groups -OCH3 is 1. The summed E-state index contributed by atoms with van der Waals surface area (Å²) in [6, 6.07) is 4.05. The molecule has 2 rings (SSSR count). The topological polar surface area (TPSA) is 41.6 Å². The van der Waals surface area contributed by atoms with E-state index in [1.54, 1.807) is 18.4 Å². The van der Waals surface area contributed by atoms with Gasteiger partial charge in [0, 0.05) is 25.0 Å². The van der Waals surface area contributed by atoms with E-state index >= 15 is 0 Å². The van der Waals surface area contributed by atoms with Crippen molar-refractivity contribution in [1.82, 2.24) is 10.2 Å². The maximum atomic E-state index is 12.0. The molecule has 0 spiro atoms. The first-order valence-electron chi connectivity index (χ1n) is 7.70. The Bertz CT molecular complexity index is 414. The number of carbonyl (C=O) groups is 1. The molecule has 2 heterocycles. The Morgan fingerprint density at radius 2 is 2.29 bits per heavy atom. The van der Waals surface area contributed by atoms with E-state index in [9.17, 15) is 4.79 Å². The number of nitrogens with one attached hydrogen (secondary N) is 1. The predicted molar refractivity (Wildman–Crippen MR) is 86.5 cm³/mol. The van der Waals surface area contributed by atoms with Crippen molar-refractivity contribution in [3.8, 4) is 0 Å². The smallest absolute Gasteiger partial charge is 0.220 e. The van der Waals surface area contributed by atoms with Crippen LogP contribution in [-0.2, 0) is 9.53 Å². The maximum absolute atomic E-state index is 12.0. The number of piperidine rings is 1. The highest BCUT2D eigenvalue weighted by molar-refractivity contribution is 7.10. The summed E-state index contributed by atoms with van der Waals surface area (Å²) < 4.78 is 5.44. The van der Waals surface area contributed by atoms with E-state index in [4.69, 9.17) is 4.74 Å². The van der Waals surface area contributed by atoms with Crippen molar-refractivity contribution < 1.29 is 9.53 Å². The lowest BCUT2D eigenvalue weighted by atomic mass is 9.92. The van der Waals surface area contributed by atoms with Crippen LogP contribution in [0, 0.1) is 5.92 Å². The Kier molecular flexibility index (Phi) is 6.67. The number of ether oxygens (including phenoxy) is 1. The van der Waals surface area contributed by atoms with Crippen LogP contribution in [0.4, 0.5) is 0 Å². The molecule has 1 fully saturated rings. The molecule has 118 valence electrons. The van der Waals surface area contributed by atoms with Gasteiger partial charge in [-0.25, -0.2) is 0 Å². The highest BCUT2D eigenvalue weighted by Crippen LogP contribution is 2.22. The van der Waals surface area contributed by atoms with Crippen molar-refractivity contribution in [2.75, 3.05) is 33.8 Å². The van der Waals surface area contributed by atoms with Crippen LogP contribution >= 0.6 is 11.3 Å². The summed E-state index contributed by atoms with van der Waals surface area (Å²) in [5.41, 5.74) is 0. The summed E-state index contributed by atoms with van der Waals surface area (Å²) in [4.78, 5) is 15.5. The number of amides is 1. The van der Waals surface area contributed by atoms with Crippen LogP contribution < -0.4 is 5.32 Å². The van der Waals surface area contributed by atoms with E-state index < -0.39 is 0 Å². The van der Waals surface area contributed by atoms with E-state index in [0.717, 1.165) is 24.4 Å². The third-order valence-electron chi connectivity index (χ3n) is 4.25. The lowest BCUT2D eigenvalue weighted by Crippen LogP contribution is -2.32. The second kappa shape index (κ2) is 8.51. The monoisotopic (exact) mass is 310 g/mol. The van der Waals surface area contributed by atoms with E-state index in [1.807, 2.05) is 17.5 Å². The summed E-state index contributed by atoms with van der Waals surface area (Å²) in [6.07, 6.45) is 4.06. The maximum Gasteiger partial charge on any atom is 0.220 e. The molecule has 0 bridgehead atoms. The Morgan fingerprint density at radius 3 is 2.90 bits per heavy atom. The van der Waals surface area contributed by atoms with Crippen LogP contribution in [0.25, 0.3) is 0 Å². The van der Waals surface area contributed by atoms with Gasteiger partial charge in [-0.15, -0.1) is 11.3 Å². The second-order valence-electron chi connectivity index (χ2n) is 5.83.